The zero-order valence-electron chi connectivity index (χ0n) is 31.4. The Bertz CT molecular complexity index is 2040. The predicted molar refractivity (Wildman–Crippen MR) is 211 cm³/mol. The zero-order valence-corrected chi connectivity index (χ0v) is 36.5. The van der Waals surface area contributed by atoms with Crippen LogP contribution in [0.4, 0.5) is 0 Å². The van der Waals surface area contributed by atoms with Crippen LogP contribution in [0.1, 0.15) is 63.8 Å². The molecule has 52 heavy (non-hydrogen) atoms. The number of hydrogen-bond acceptors (Lipinski definition) is 2. The summed E-state index contributed by atoms with van der Waals surface area (Å²) in [6.07, 6.45) is 0. The van der Waals surface area contributed by atoms with Crippen LogP contribution in [-0.2, 0) is 34.7 Å². The molecule has 0 radical (unpaired) electrons. The molecule has 0 bridgehead atoms. The number of ether oxygens (including phenoxy) is 2. The van der Waals surface area contributed by atoms with Crippen LogP contribution in [-0.4, -0.2) is 17.5 Å². The van der Waals surface area contributed by atoms with Crippen LogP contribution in [0.25, 0.3) is 32.7 Å². The Morgan fingerprint density at radius 1 is 0.558 bits per heavy atom. The van der Waals surface area contributed by atoms with Crippen LogP contribution in [0.5, 0.6) is 11.5 Å². The maximum absolute atomic E-state index is 5.33. The summed E-state index contributed by atoms with van der Waals surface area (Å²) in [5.41, 5.74) is 8.17. The van der Waals surface area contributed by atoms with E-state index in [9.17, 15) is 0 Å². The Hall–Kier alpha value is -3.76. The number of fused-ring (bicyclic) bond motifs is 3. The van der Waals surface area contributed by atoms with Gasteiger partial charge in [0.25, 0.3) is 0 Å². The van der Waals surface area contributed by atoms with Crippen molar-refractivity contribution in [3.8, 4) is 22.6 Å². The Labute approximate surface area is 337 Å². The average molecular weight is 894 g/mol. The fourth-order valence-corrected chi connectivity index (χ4v) is 7.12. The summed E-state index contributed by atoms with van der Waals surface area (Å²) >= 11 is 1.08. The van der Waals surface area contributed by atoms with Crippen LogP contribution in [0.2, 0.25) is 0 Å². The molecule has 0 aliphatic heterocycles. The zero-order chi connectivity index (χ0) is 35.9. The van der Waals surface area contributed by atoms with Crippen LogP contribution >= 0.6 is 0 Å². The third-order valence-corrected chi connectivity index (χ3v) is 11.0. The van der Waals surface area contributed by atoms with Crippen molar-refractivity contribution < 1.29 is 58.2 Å². The molecule has 0 amide bonds. The Balaban J connectivity index is 0.000000212. The molecule has 0 unspecified atom stereocenters. The van der Waals surface area contributed by atoms with Crippen molar-refractivity contribution >= 4 is 24.8 Å². The first kappa shape index (κ1) is 42.7. The first-order valence-corrected chi connectivity index (χ1v) is 19.0. The van der Waals surface area contributed by atoms with Gasteiger partial charge in [0, 0.05) is 6.07 Å². The minimum atomic E-state index is 0. The van der Waals surface area contributed by atoms with Gasteiger partial charge in [-0.15, -0.1) is 51.4 Å². The second kappa shape index (κ2) is 18.8. The summed E-state index contributed by atoms with van der Waals surface area (Å²) in [5.74, 6) is 1.64. The fraction of sp³-hybridized carbons (Fsp3) is 0.213. The molecule has 0 aromatic heterocycles. The van der Waals surface area contributed by atoms with E-state index in [0.717, 1.165) is 46.5 Å². The van der Waals surface area contributed by atoms with Gasteiger partial charge in [0.15, 0.2) is 0 Å². The van der Waals surface area contributed by atoms with Gasteiger partial charge in [-0.1, -0.05) is 88.6 Å². The molecule has 5 heteroatoms. The normalized spacial score (nSPS) is 10.9. The van der Waals surface area contributed by atoms with Gasteiger partial charge in [-0.25, -0.2) is 0 Å². The number of halogens is 2. The van der Waals surface area contributed by atoms with Crippen molar-refractivity contribution in [1.29, 1.82) is 0 Å². The Morgan fingerprint density at radius 3 is 1.46 bits per heavy atom. The number of benzene rings is 5. The molecule has 7 aromatic carbocycles. The molecule has 0 spiro atoms. The van der Waals surface area contributed by atoms with Gasteiger partial charge in [0.2, 0.25) is 0 Å². The average Bonchev–Trinajstić information content (AvgIpc) is 3.79. The quantitative estimate of drug-likeness (QED) is 0.152. The van der Waals surface area contributed by atoms with Crippen LogP contribution in [0.15, 0.2) is 146 Å². The van der Waals surface area contributed by atoms with E-state index in [-0.39, 0.29) is 35.6 Å². The van der Waals surface area contributed by atoms with E-state index in [0.29, 0.717) is 0 Å². The van der Waals surface area contributed by atoms with Gasteiger partial charge >= 0.3 is 98.9 Å². The maximum atomic E-state index is 5.33. The summed E-state index contributed by atoms with van der Waals surface area (Å²) in [4.78, 5) is 0. The predicted octanol–water partition coefficient (Wildman–Crippen LogP) is 6.21. The molecule has 0 atom stereocenters. The number of rotatable bonds is 5. The summed E-state index contributed by atoms with van der Waals surface area (Å²) in [7, 11) is 3.32. The van der Waals surface area contributed by atoms with E-state index in [1.807, 2.05) is 30.3 Å². The Morgan fingerprint density at radius 2 is 1.06 bits per heavy atom. The first-order valence-electron chi connectivity index (χ1n) is 17.2. The fourth-order valence-electron chi connectivity index (χ4n) is 5.92. The molecular formula is C47H48Cl2HfO2-2. The van der Waals surface area contributed by atoms with Crippen LogP contribution in [0.3, 0.4) is 0 Å². The molecule has 0 saturated carbocycles. The molecule has 0 aliphatic rings. The third-order valence-electron chi connectivity index (χ3n) is 8.94. The second-order valence-electron chi connectivity index (χ2n) is 14.6. The van der Waals surface area contributed by atoms with Crippen molar-refractivity contribution in [1.82, 2.24) is 0 Å². The van der Waals surface area contributed by atoms with Crippen LogP contribution < -0.4 is 34.3 Å². The third kappa shape index (κ3) is 10.7. The van der Waals surface area contributed by atoms with Crippen molar-refractivity contribution in [2.24, 2.45) is 0 Å². The standard InChI is InChI=1S/C21H25.C13H13O2.C13H10.2ClH.Hf/c1-20(2,3)16-7-9-18-14(12-16)11-15-13-17(21(4,5)6)8-10-19(15)18;1-14-11-7-8-12(13(9-11)15-2)10-5-3-4-6-10;1-3-7-12(8-4-1)11-13-9-5-2-6-10-13;;;/h7-13H,1-6H3;3-9H,1-2H3;1-10H;2*1H;/q2*-1;;;;+2/p-2. The number of hydrogen-bond donors (Lipinski definition) is 0. The van der Waals surface area contributed by atoms with E-state index in [1.54, 1.807) is 14.2 Å². The summed E-state index contributed by atoms with van der Waals surface area (Å²) < 4.78 is 11.9. The van der Waals surface area contributed by atoms with E-state index in [4.69, 9.17) is 9.47 Å². The molecule has 268 valence electrons. The van der Waals surface area contributed by atoms with E-state index in [2.05, 4.69) is 157 Å². The van der Waals surface area contributed by atoms with E-state index < -0.39 is 0 Å². The van der Waals surface area contributed by atoms with Gasteiger partial charge in [0.05, 0.1) is 20.0 Å². The van der Waals surface area contributed by atoms with Gasteiger partial charge < -0.3 is 34.3 Å². The monoisotopic (exact) mass is 894 g/mol. The molecule has 0 aliphatic carbocycles. The Kier molecular flexibility index (Phi) is 15.4. The van der Waals surface area contributed by atoms with Crippen molar-refractivity contribution in [2.75, 3.05) is 14.2 Å². The molecule has 0 heterocycles. The van der Waals surface area contributed by atoms with E-state index >= 15 is 0 Å². The van der Waals surface area contributed by atoms with Gasteiger partial charge in [-0.2, -0.15) is 18.2 Å². The second-order valence-corrected chi connectivity index (χ2v) is 16.4. The molecule has 0 fully saturated rings. The van der Waals surface area contributed by atoms with Gasteiger partial charge in [0.1, 0.15) is 5.75 Å². The topological polar surface area (TPSA) is 18.5 Å². The van der Waals surface area contributed by atoms with Crippen molar-refractivity contribution in [3.05, 3.63) is 168 Å². The summed E-state index contributed by atoms with van der Waals surface area (Å²) in [6.45, 7) is 13.6. The molecule has 2 nitrogen and oxygen atoms in total. The summed E-state index contributed by atoms with van der Waals surface area (Å²) in [6, 6.07) is 51.4. The molecule has 7 aromatic rings. The van der Waals surface area contributed by atoms with Crippen LogP contribution in [0, 0.1) is 0 Å². The van der Waals surface area contributed by atoms with Gasteiger partial charge in [-0.3, -0.25) is 0 Å². The molecular weight excluding hydrogens is 846 g/mol. The molecule has 7 rings (SSSR count). The van der Waals surface area contributed by atoms with Gasteiger partial charge in [-0.05, 0) is 16.9 Å². The molecule has 0 N–H and O–H groups in total. The SMILES string of the molecule is CC(C)(C)c1ccc2c(c1)[cH-]c1cc(C(C)(C)C)ccc12.COc1ccc(-c2ccc[cH-]2)c(OC)c1.[Cl-].[Cl-].[Hf+2]=[C](c1ccccc1)c1ccccc1. The first-order chi connectivity index (χ1) is 23.9. The van der Waals surface area contributed by atoms with E-state index in [1.165, 1.54) is 47.1 Å². The molecule has 0 saturated heterocycles. The van der Waals surface area contributed by atoms with Crippen molar-refractivity contribution in [2.45, 2.75) is 52.4 Å². The number of methoxy groups -OCH3 is 2. The minimum absolute atomic E-state index is 0. The summed E-state index contributed by atoms with van der Waals surface area (Å²) in [5, 5.41) is 5.48. The van der Waals surface area contributed by atoms with Crippen molar-refractivity contribution in [3.63, 3.8) is 0 Å².